The zero-order valence-corrected chi connectivity index (χ0v) is 3.99. The Morgan fingerprint density at radius 2 is 1.00 bits per heavy atom. The molecule has 0 saturated heterocycles. The van der Waals surface area contributed by atoms with E-state index in [1.165, 1.54) is 0 Å². The van der Waals surface area contributed by atoms with Gasteiger partial charge in [0.05, 0.1) is 0 Å². The quantitative estimate of drug-likeness (QED) is 0.390. The summed E-state index contributed by atoms with van der Waals surface area (Å²) in [6.45, 7) is 2.00. The van der Waals surface area contributed by atoms with Gasteiger partial charge in [-0.15, -0.1) is 0 Å². The first-order chi connectivity index (χ1) is 1.00. The van der Waals surface area contributed by atoms with Gasteiger partial charge in [0.1, 0.15) is 6.79 Å². The second-order valence-corrected chi connectivity index (χ2v) is 0. The molecule has 0 spiro atoms. The first-order valence-electron chi connectivity index (χ1n) is 0.289. The average Bonchev–Trinajstić information content (AvgIpc) is 1.00. The summed E-state index contributed by atoms with van der Waals surface area (Å²) in [6, 6.07) is 0. The van der Waals surface area contributed by atoms with Crippen LogP contribution in [0.2, 0.25) is 0 Å². The number of hydrogen-bond acceptors (Lipinski definition) is 1. The van der Waals surface area contributed by atoms with Gasteiger partial charge in [-0.1, -0.05) is 0 Å². The second-order valence-electron chi connectivity index (χ2n) is 0. The molecule has 3 nitrogen and oxygen atoms in total. The molecule has 0 aliphatic carbocycles. The molecule has 0 aliphatic rings. The van der Waals surface area contributed by atoms with Crippen LogP contribution in [0.15, 0.2) is 0 Å². The van der Waals surface area contributed by atoms with E-state index in [1.807, 2.05) is 6.79 Å². The Morgan fingerprint density at radius 1 is 1.00 bits per heavy atom. The molecule has 0 aromatic rings. The maximum Gasteiger partial charge on any atom is 4.00 e. The molecule has 0 fully saturated rings. The topological polar surface area (TPSA) is 74.1 Å². The van der Waals surface area contributed by atoms with E-state index < -0.39 is 0 Å². The molecule has 5 heavy (non-hydrogen) atoms. The van der Waals surface area contributed by atoms with Crippen LogP contribution in [0.3, 0.4) is 0 Å². The monoisotopic (exact) mass is 110 g/mol. The van der Waals surface area contributed by atoms with Crippen molar-refractivity contribution >= 4 is 6.79 Å². The minimum absolute atomic E-state index is 0. The largest absolute Gasteiger partial charge is 4.00 e. The van der Waals surface area contributed by atoms with Gasteiger partial charge in [0, 0.05) is 0 Å². The fourth-order valence-corrected chi connectivity index (χ4v) is 0. The number of carbonyl (C=O) groups excluding carboxylic acids is 1. The summed E-state index contributed by atoms with van der Waals surface area (Å²) < 4.78 is 0. The third-order valence-electron chi connectivity index (χ3n) is 0. The summed E-state index contributed by atoms with van der Waals surface area (Å²) in [5.74, 6) is 0. The Balaban J connectivity index is -0.00000000167. The van der Waals surface area contributed by atoms with E-state index in [-0.39, 0.29) is 32.7 Å². The molecule has 0 atom stereocenters. The predicted molar refractivity (Wildman–Crippen MR) is 8.49 cm³/mol. The number of rotatable bonds is 0. The van der Waals surface area contributed by atoms with Crippen LogP contribution < -0.4 is 0 Å². The fourth-order valence-electron chi connectivity index (χ4n) is 0. The van der Waals surface area contributed by atoms with Gasteiger partial charge < -0.3 is 15.7 Å². The van der Waals surface area contributed by atoms with Crippen LogP contribution in [-0.4, -0.2) is 6.79 Å². The summed E-state index contributed by atoms with van der Waals surface area (Å²) in [5, 5.41) is 0. The summed E-state index contributed by atoms with van der Waals surface area (Å²) in [5.41, 5.74) is 0. The van der Waals surface area contributed by atoms with E-state index in [1.54, 1.807) is 0 Å². The minimum Gasteiger partial charge on any atom is -2.00 e. The molecule has 0 heterocycles. The predicted octanol–water partition coefficient (Wildman–Crippen LogP) is -0.425. The van der Waals surface area contributed by atoms with E-state index in [4.69, 9.17) is 4.79 Å². The zero-order valence-electron chi connectivity index (χ0n) is 2.43. The van der Waals surface area contributed by atoms with Crippen molar-refractivity contribution in [2.45, 2.75) is 0 Å². The molecule has 0 aromatic heterocycles. The first kappa shape index (κ1) is 57.8. The third-order valence-corrected chi connectivity index (χ3v) is 0. The van der Waals surface area contributed by atoms with Gasteiger partial charge in [-0.25, -0.2) is 0 Å². The molecule has 0 unspecified atom stereocenters. The van der Waals surface area contributed by atoms with Gasteiger partial charge in [-0.2, -0.15) is 0 Å². The van der Waals surface area contributed by atoms with Crippen molar-refractivity contribution < 1.29 is 37.5 Å². The summed E-state index contributed by atoms with van der Waals surface area (Å²) >= 11 is 0. The molecule has 0 aromatic carbocycles. The van der Waals surface area contributed by atoms with Crippen molar-refractivity contribution in [3.63, 3.8) is 0 Å². The molecular weight excluding hydrogens is 108 g/mol. The van der Waals surface area contributed by atoms with Crippen LogP contribution in [-0.2, 0) is 37.5 Å². The van der Waals surface area contributed by atoms with Crippen LogP contribution in [0.5, 0.6) is 0 Å². The summed E-state index contributed by atoms with van der Waals surface area (Å²) in [6.07, 6.45) is 0. The van der Waals surface area contributed by atoms with Crippen LogP contribution >= 0.6 is 0 Å². The molecule has 0 rings (SSSR count). The summed E-state index contributed by atoms with van der Waals surface area (Å²) in [4.78, 5) is 8.00. The molecule has 0 aliphatic heterocycles. The molecular formula is CH2O3Ti. The van der Waals surface area contributed by atoms with Crippen molar-refractivity contribution in [3.8, 4) is 0 Å². The zero-order chi connectivity index (χ0) is 2.00. The smallest absolute Gasteiger partial charge is 2.00 e. The van der Waals surface area contributed by atoms with Gasteiger partial charge in [0.25, 0.3) is 0 Å². The van der Waals surface area contributed by atoms with E-state index in [2.05, 4.69) is 0 Å². The minimum atomic E-state index is 0. The Bertz CT molecular complexity index is 6.85. The Labute approximate surface area is 44.9 Å². The van der Waals surface area contributed by atoms with Crippen LogP contribution in [0.4, 0.5) is 0 Å². The third kappa shape index (κ3) is 247. The van der Waals surface area contributed by atoms with E-state index in [9.17, 15) is 0 Å². The van der Waals surface area contributed by atoms with Crippen molar-refractivity contribution in [1.29, 1.82) is 0 Å². The van der Waals surface area contributed by atoms with Crippen LogP contribution in [0.25, 0.3) is 0 Å². The molecule has 28 valence electrons. The van der Waals surface area contributed by atoms with Gasteiger partial charge in [0.2, 0.25) is 0 Å². The van der Waals surface area contributed by atoms with Crippen LogP contribution in [0.1, 0.15) is 0 Å². The van der Waals surface area contributed by atoms with Gasteiger partial charge in [0.15, 0.2) is 0 Å². The molecule has 0 bridgehead atoms. The van der Waals surface area contributed by atoms with E-state index in [0.29, 0.717) is 0 Å². The van der Waals surface area contributed by atoms with E-state index in [0.717, 1.165) is 0 Å². The molecule has 0 amide bonds. The number of carbonyl (C=O) groups is 1. The normalized spacial score (nSPS) is 0.800. The molecule has 0 saturated carbocycles. The van der Waals surface area contributed by atoms with Gasteiger partial charge >= 0.3 is 21.7 Å². The second kappa shape index (κ2) is 508. The van der Waals surface area contributed by atoms with Crippen molar-refractivity contribution in [2.24, 2.45) is 0 Å². The summed E-state index contributed by atoms with van der Waals surface area (Å²) in [7, 11) is 0. The van der Waals surface area contributed by atoms with Crippen molar-refractivity contribution in [2.75, 3.05) is 0 Å². The molecule has 0 N–H and O–H groups in total. The van der Waals surface area contributed by atoms with Gasteiger partial charge in [-0.3, -0.25) is 0 Å². The maximum absolute atomic E-state index is 8.00. The molecule has 0 radical (unpaired) electrons. The maximum atomic E-state index is 8.00. The van der Waals surface area contributed by atoms with Crippen LogP contribution in [0, 0.1) is 0 Å². The SMILES string of the molecule is C=O.[O-2].[O-2].[Ti+4]. The van der Waals surface area contributed by atoms with Gasteiger partial charge in [-0.05, 0) is 0 Å². The van der Waals surface area contributed by atoms with Crippen molar-refractivity contribution in [3.05, 3.63) is 0 Å². The Hall–Kier alpha value is 0.304. The Morgan fingerprint density at radius 3 is 1.00 bits per heavy atom. The van der Waals surface area contributed by atoms with E-state index >= 15 is 0 Å². The standard InChI is InChI=1S/CH2O.2O.Ti/c1-2;;;/h1H2;;;/q;2*-2;+4. The van der Waals surface area contributed by atoms with Crippen molar-refractivity contribution in [1.82, 2.24) is 0 Å². The molecule has 4 heteroatoms. The fraction of sp³-hybridized carbons (Fsp3) is 0. The number of hydrogen-bond donors (Lipinski definition) is 0. The first-order valence-corrected chi connectivity index (χ1v) is 0.289. The Kier molecular flexibility index (Phi) is 5860. The average molecular weight is 110 g/mol.